The third kappa shape index (κ3) is 4.38. The SMILES string of the molecule is CCOC(=O)C1=C(C)Nc2ncnn2C1c1cccc(OCc2ccc(Cl)cc2Cl)c1. The van der Waals surface area contributed by atoms with Crippen LogP contribution < -0.4 is 10.1 Å². The smallest absolute Gasteiger partial charge is 0.338 e. The molecule has 7 nitrogen and oxygen atoms in total. The van der Waals surface area contributed by atoms with Crippen molar-refractivity contribution in [1.82, 2.24) is 14.8 Å². The Balaban J connectivity index is 1.65. The summed E-state index contributed by atoms with van der Waals surface area (Å²) in [6, 6.07) is 12.3. The molecule has 160 valence electrons. The monoisotopic (exact) mass is 458 g/mol. The number of carbonyl (C=O) groups is 1. The van der Waals surface area contributed by atoms with Gasteiger partial charge < -0.3 is 14.8 Å². The van der Waals surface area contributed by atoms with Crippen molar-refractivity contribution in [3.63, 3.8) is 0 Å². The maximum Gasteiger partial charge on any atom is 0.338 e. The van der Waals surface area contributed by atoms with Gasteiger partial charge in [-0.3, -0.25) is 0 Å². The van der Waals surface area contributed by atoms with E-state index in [1.54, 1.807) is 23.7 Å². The van der Waals surface area contributed by atoms with Crippen LogP contribution >= 0.6 is 23.2 Å². The molecule has 0 saturated carbocycles. The number of rotatable bonds is 6. The van der Waals surface area contributed by atoms with Gasteiger partial charge in [-0.1, -0.05) is 41.4 Å². The summed E-state index contributed by atoms with van der Waals surface area (Å²) in [4.78, 5) is 17.0. The first-order chi connectivity index (χ1) is 15.0. The van der Waals surface area contributed by atoms with Crippen LogP contribution in [0.4, 0.5) is 5.95 Å². The minimum absolute atomic E-state index is 0.275. The third-order valence-electron chi connectivity index (χ3n) is 4.87. The fraction of sp³-hybridized carbons (Fsp3) is 0.227. The molecule has 0 saturated heterocycles. The molecular formula is C22H20Cl2N4O3. The van der Waals surface area contributed by atoms with Crippen LogP contribution in [-0.4, -0.2) is 27.3 Å². The van der Waals surface area contributed by atoms with Gasteiger partial charge in [0.2, 0.25) is 5.95 Å². The summed E-state index contributed by atoms with van der Waals surface area (Å²) in [5, 5.41) is 8.54. The first-order valence-electron chi connectivity index (χ1n) is 9.69. The van der Waals surface area contributed by atoms with Gasteiger partial charge in [-0.15, -0.1) is 0 Å². The zero-order chi connectivity index (χ0) is 22.0. The Kier molecular flexibility index (Phi) is 6.15. The average Bonchev–Trinajstić information content (AvgIpc) is 3.20. The lowest BCUT2D eigenvalue weighted by atomic mass is 9.95. The number of hydrogen-bond acceptors (Lipinski definition) is 6. The Morgan fingerprint density at radius 2 is 2.06 bits per heavy atom. The molecule has 3 aromatic rings. The topological polar surface area (TPSA) is 78.3 Å². The summed E-state index contributed by atoms with van der Waals surface area (Å²) >= 11 is 12.2. The van der Waals surface area contributed by atoms with E-state index < -0.39 is 12.0 Å². The van der Waals surface area contributed by atoms with Crippen LogP contribution in [0.5, 0.6) is 5.75 Å². The van der Waals surface area contributed by atoms with Crippen molar-refractivity contribution in [2.24, 2.45) is 0 Å². The molecule has 0 fully saturated rings. The molecule has 4 rings (SSSR count). The molecule has 2 aromatic carbocycles. The number of benzene rings is 2. The number of aromatic nitrogens is 3. The number of fused-ring (bicyclic) bond motifs is 1. The van der Waals surface area contributed by atoms with Crippen LogP contribution in [0.3, 0.4) is 0 Å². The highest BCUT2D eigenvalue weighted by Gasteiger charge is 2.34. The molecule has 0 spiro atoms. The first kappa shape index (κ1) is 21.2. The van der Waals surface area contributed by atoms with Gasteiger partial charge in [0.1, 0.15) is 24.7 Å². The molecule has 1 aliphatic heterocycles. The summed E-state index contributed by atoms with van der Waals surface area (Å²) < 4.78 is 12.9. The predicted molar refractivity (Wildman–Crippen MR) is 118 cm³/mol. The number of anilines is 1. The molecule has 1 aromatic heterocycles. The number of ether oxygens (including phenoxy) is 2. The normalized spacial score (nSPS) is 15.3. The van der Waals surface area contributed by atoms with Crippen molar-refractivity contribution in [1.29, 1.82) is 0 Å². The zero-order valence-corrected chi connectivity index (χ0v) is 18.4. The molecule has 9 heteroatoms. The number of esters is 1. The van der Waals surface area contributed by atoms with Crippen molar-refractivity contribution in [3.05, 3.63) is 81.2 Å². The zero-order valence-electron chi connectivity index (χ0n) is 16.9. The summed E-state index contributed by atoms with van der Waals surface area (Å²) in [7, 11) is 0. The van der Waals surface area contributed by atoms with E-state index >= 15 is 0 Å². The fourth-order valence-corrected chi connectivity index (χ4v) is 3.91. The lowest BCUT2D eigenvalue weighted by molar-refractivity contribution is -0.139. The molecule has 1 N–H and O–H groups in total. The molecule has 0 bridgehead atoms. The van der Waals surface area contributed by atoms with Gasteiger partial charge in [0.05, 0.1) is 12.2 Å². The van der Waals surface area contributed by atoms with E-state index in [9.17, 15) is 4.79 Å². The second-order valence-electron chi connectivity index (χ2n) is 6.91. The van der Waals surface area contributed by atoms with Gasteiger partial charge in [-0.25, -0.2) is 9.48 Å². The molecule has 1 unspecified atom stereocenters. The van der Waals surface area contributed by atoms with Gasteiger partial charge in [-0.05, 0) is 43.7 Å². The van der Waals surface area contributed by atoms with Crippen molar-refractivity contribution >= 4 is 35.1 Å². The number of hydrogen-bond donors (Lipinski definition) is 1. The van der Waals surface area contributed by atoms with E-state index in [1.807, 2.05) is 37.3 Å². The standard InChI is InChI=1S/C22H20Cl2N4O3/c1-3-30-21(29)19-13(2)27-22-25-12-26-28(22)20(19)14-5-4-6-17(9-14)31-11-15-7-8-16(23)10-18(15)24/h4-10,12,20H,3,11H2,1-2H3,(H,25,26,27). The molecule has 1 atom stereocenters. The Bertz CT molecular complexity index is 1160. The highest BCUT2D eigenvalue weighted by atomic mass is 35.5. The Labute approximate surface area is 189 Å². The van der Waals surface area contributed by atoms with Gasteiger partial charge in [0.25, 0.3) is 0 Å². The number of nitrogens with one attached hydrogen (secondary N) is 1. The average molecular weight is 459 g/mol. The van der Waals surface area contributed by atoms with E-state index in [0.29, 0.717) is 33.0 Å². The lowest BCUT2D eigenvalue weighted by Gasteiger charge is -2.28. The van der Waals surface area contributed by atoms with Crippen molar-refractivity contribution in [2.75, 3.05) is 11.9 Å². The maximum atomic E-state index is 12.7. The predicted octanol–water partition coefficient (Wildman–Crippen LogP) is 5.02. The van der Waals surface area contributed by atoms with Crippen molar-refractivity contribution < 1.29 is 14.3 Å². The number of nitrogens with zero attached hydrogens (tertiary/aromatic N) is 3. The number of halogens is 2. The minimum atomic E-state index is -0.500. The summed E-state index contributed by atoms with van der Waals surface area (Å²) in [6.45, 7) is 4.15. The Morgan fingerprint density at radius 1 is 1.23 bits per heavy atom. The minimum Gasteiger partial charge on any atom is -0.489 e. The van der Waals surface area contributed by atoms with E-state index in [1.165, 1.54) is 6.33 Å². The molecule has 31 heavy (non-hydrogen) atoms. The molecule has 0 radical (unpaired) electrons. The summed E-state index contributed by atoms with van der Waals surface area (Å²) in [5.74, 6) is 0.775. The second kappa shape index (κ2) is 8.99. The molecule has 1 aliphatic rings. The largest absolute Gasteiger partial charge is 0.489 e. The van der Waals surface area contributed by atoms with Crippen LogP contribution in [0.2, 0.25) is 10.0 Å². The highest BCUT2D eigenvalue weighted by molar-refractivity contribution is 6.35. The van der Waals surface area contributed by atoms with Gasteiger partial charge in [0, 0.05) is 21.3 Å². The Morgan fingerprint density at radius 3 is 2.84 bits per heavy atom. The maximum absolute atomic E-state index is 12.7. The molecule has 2 heterocycles. The van der Waals surface area contributed by atoms with Gasteiger partial charge in [0.15, 0.2) is 0 Å². The fourth-order valence-electron chi connectivity index (χ4n) is 3.45. The quantitative estimate of drug-likeness (QED) is 0.522. The van der Waals surface area contributed by atoms with Gasteiger partial charge >= 0.3 is 5.97 Å². The van der Waals surface area contributed by atoms with Crippen molar-refractivity contribution in [2.45, 2.75) is 26.5 Å². The van der Waals surface area contributed by atoms with Crippen LogP contribution in [0.1, 0.15) is 31.0 Å². The molecule has 0 amide bonds. The van der Waals surface area contributed by atoms with Crippen molar-refractivity contribution in [3.8, 4) is 5.75 Å². The second-order valence-corrected chi connectivity index (χ2v) is 7.76. The van der Waals surface area contributed by atoms with Crippen LogP contribution in [-0.2, 0) is 16.1 Å². The van der Waals surface area contributed by atoms with Gasteiger partial charge in [-0.2, -0.15) is 10.1 Å². The van der Waals surface area contributed by atoms with E-state index in [0.717, 1.165) is 11.1 Å². The van der Waals surface area contributed by atoms with E-state index in [4.69, 9.17) is 32.7 Å². The number of carbonyl (C=O) groups excluding carboxylic acids is 1. The van der Waals surface area contributed by atoms with Crippen LogP contribution in [0.25, 0.3) is 0 Å². The third-order valence-corrected chi connectivity index (χ3v) is 5.46. The highest BCUT2D eigenvalue weighted by Crippen LogP contribution is 2.36. The molecule has 0 aliphatic carbocycles. The Hall–Kier alpha value is -3.03. The number of allylic oxidation sites excluding steroid dienone is 1. The van der Waals surface area contributed by atoms with E-state index in [-0.39, 0.29) is 13.2 Å². The summed E-state index contributed by atoms with van der Waals surface area (Å²) in [5.41, 5.74) is 2.77. The van der Waals surface area contributed by atoms with Crippen LogP contribution in [0, 0.1) is 0 Å². The lowest BCUT2D eigenvalue weighted by Crippen LogP contribution is -2.29. The summed E-state index contributed by atoms with van der Waals surface area (Å²) in [6.07, 6.45) is 1.44. The first-order valence-corrected chi connectivity index (χ1v) is 10.4. The van der Waals surface area contributed by atoms with Crippen LogP contribution in [0.15, 0.2) is 60.1 Å². The molecular weight excluding hydrogens is 439 g/mol. The van der Waals surface area contributed by atoms with E-state index in [2.05, 4.69) is 15.4 Å².